The van der Waals surface area contributed by atoms with Gasteiger partial charge in [0.05, 0.1) is 0 Å². The van der Waals surface area contributed by atoms with Gasteiger partial charge in [0.1, 0.15) is 5.82 Å². The molecule has 25 heavy (non-hydrogen) atoms. The number of aromatic nitrogens is 4. The van der Waals surface area contributed by atoms with Gasteiger partial charge >= 0.3 is 0 Å². The summed E-state index contributed by atoms with van der Waals surface area (Å²) in [7, 11) is 0. The predicted molar refractivity (Wildman–Crippen MR) is 100 cm³/mol. The average Bonchev–Trinajstić information content (AvgIpc) is 3.05. The fraction of sp³-hybridized carbons (Fsp3) is 0.222. The number of aryl methyl sites for hydroxylation is 1. The van der Waals surface area contributed by atoms with Gasteiger partial charge < -0.3 is 9.88 Å². The first-order chi connectivity index (χ1) is 12.2. The van der Waals surface area contributed by atoms with Gasteiger partial charge in [-0.05, 0) is 43.3 Å². The number of halogens is 1. The lowest BCUT2D eigenvalue weighted by molar-refractivity contribution is -0.116. The fourth-order valence-corrected chi connectivity index (χ4v) is 2.81. The quantitative estimate of drug-likeness (QED) is 0.685. The molecule has 7 heteroatoms. The molecule has 1 N–H and O–H groups in total. The average molecular weight is 400 g/mol. The van der Waals surface area contributed by atoms with E-state index < -0.39 is 0 Å². The van der Waals surface area contributed by atoms with Crippen molar-refractivity contribution in [3.05, 3.63) is 59.1 Å². The SMILES string of the molecule is CCn1c(CCC(=O)Nc2ccc(Br)cc2)nnc1-c1cccnc1. The number of hydrogen-bond acceptors (Lipinski definition) is 4. The zero-order valence-corrected chi connectivity index (χ0v) is 15.4. The van der Waals surface area contributed by atoms with Gasteiger partial charge in [0, 0.05) is 47.5 Å². The molecule has 0 saturated carbocycles. The maximum absolute atomic E-state index is 12.2. The third-order valence-corrected chi connectivity index (χ3v) is 4.30. The van der Waals surface area contributed by atoms with Crippen LogP contribution in [0.3, 0.4) is 0 Å². The lowest BCUT2D eigenvalue weighted by Crippen LogP contribution is -2.14. The first-order valence-corrected chi connectivity index (χ1v) is 8.84. The van der Waals surface area contributed by atoms with E-state index in [2.05, 4.69) is 36.4 Å². The maximum atomic E-state index is 12.2. The van der Waals surface area contributed by atoms with E-state index in [0.717, 1.165) is 33.9 Å². The number of pyridine rings is 1. The van der Waals surface area contributed by atoms with Crippen molar-refractivity contribution in [1.82, 2.24) is 19.7 Å². The second-order valence-corrected chi connectivity index (χ2v) is 6.40. The first-order valence-electron chi connectivity index (χ1n) is 8.05. The normalized spacial score (nSPS) is 10.6. The van der Waals surface area contributed by atoms with Crippen molar-refractivity contribution in [1.29, 1.82) is 0 Å². The molecule has 2 heterocycles. The third-order valence-electron chi connectivity index (χ3n) is 3.77. The van der Waals surface area contributed by atoms with Crippen LogP contribution in [0.1, 0.15) is 19.2 Å². The summed E-state index contributed by atoms with van der Waals surface area (Å²) in [6.45, 7) is 2.77. The summed E-state index contributed by atoms with van der Waals surface area (Å²) in [5, 5.41) is 11.4. The summed E-state index contributed by atoms with van der Waals surface area (Å²) < 4.78 is 2.99. The van der Waals surface area contributed by atoms with Crippen molar-refractivity contribution < 1.29 is 4.79 Å². The Morgan fingerprint density at radius 2 is 2.00 bits per heavy atom. The van der Waals surface area contributed by atoms with E-state index >= 15 is 0 Å². The Morgan fingerprint density at radius 3 is 2.68 bits per heavy atom. The van der Waals surface area contributed by atoms with E-state index in [-0.39, 0.29) is 5.91 Å². The van der Waals surface area contributed by atoms with Crippen LogP contribution in [-0.4, -0.2) is 25.7 Å². The Bertz CT molecular complexity index is 846. The molecule has 2 aromatic heterocycles. The topological polar surface area (TPSA) is 72.7 Å². The molecule has 0 aliphatic heterocycles. The molecular formula is C18H18BrN5O. The molecule has 0 saturated heterocycles. The van der Waals surface area contributed by atoms with Crippen LogP contribution in [0.2, 0.25) is 0 Å². The number of amides is 1. The number of rotatable bonds is 6. The van der Waals surface area contributed by atoms with E-state index in [1.54, 1.807) is 12.4 Å². The summed E-state index contributed by atoms with van der Waals surface area (Å²) in [5.74, 6) is 1.53. The van der Waals surface area contributed by atoms with Crippen molar-refractivity contribution in [3.8, 4) is 11.4 Å². The van der Waals surface area contributed by atoms with Crippen LogP contribution in [0.4, 0.5) is 5.69 Å². The number of carbonyl (C=O) groups excluding carboxylic acids is 1. The third kappa shape index (κ3) is 4.30. The lowest BCUT2D eigenvalue weighted by Gasteiger charge is -2.08. The smallest absolute Gasteiger partial charge is 0.224 e. The number of nitrogens with zero attached hydrogens (tertiary/aromatic N) is 4. The van der Waals surface area contributed by atoms with Gasteiger partial charge in [0.15, 0.2) is 5.82 Å². The molecule has 0 aliphatic carbocycles. The summed E-state index contributed by atoms with van der Waals surface area (Å²) in [5.41, 5.74) is 1.70. The van der Waals surface area contributed by atoms with Crippen molar-refractivity contribution >= 4 is 27.5 Å². The number of hydrogen-bond donors (Lipinski definition) is 1. The minimum atomic E-state index is -0.0455. The predicted octanol–water partition coefficient (Wildman–Crippen LogP) is 3.69. The largest absolute Gasteiger partial charge is 0.326 e. The zero-order chi connectivity index (χ0) is 17.6. The second-order valence-electron chi connectivity index (χ2n) is 5.48. The van der Waals surface area contributed by atoms with Gasteiger partial charge in [-0.3, -0.25) is 9.78 Å². The second kappa shape index (κ2) is 8.02. The van der Waals surface area contributed by atoms with E-state index in [0.29, 0.717) is 12.8 Å². The van der Waals surface area contributed by atoms with Gasteiger partial charge in [0.25, 0.3) is 0 Å². The Balaban J connectivity index is 1.66. The van der Waals surface area contributed by atoms with Crippen molar-refractivity contribution in [2.75, 3.05) is 5.32 Å². The summed E-state index contributed by atoms with van der Waals surface area (Å²) >= 11 is 3.38. The molecule has 3 rings (SSSR count). The molecule has 128 valence electrons. The number of benzene rings is 1. The number of nitrogens with one attached hydrogen (secondary N) is 1. The Morgan fingerprint density at radius 1 is 1.20 bits per heavy atom. The van der Waals surface area contributed by atoms with Gasteiger partial charge in [0.2, 0.25) is 5.91 Å². The van der Waals surface area contributed by atoms with E-state index in [1.807, 2.05) is 47.9 Å². The lowest BCUT2D eigenvalue weighted by atomic mass is 10.2. The van der Waals surface area contributed by atoms with Crippen LogP contribution >= 0.6 is 15.9 Å². The molecule has 6 nitrogen and oxygen atoms in total. The molecular weight excluding hydrogens is 382 g/mol. The fourth-order valence-electron chi connectivity index (χ4n) is 2.54. The van der Waals surface area contributed by atoms with Gasteiger partial charge in [-0.25, -0.2) is 0 Å². The van der Waals surface area contributed by atoms with Gasteiger partial charge in [-0.2, -0.15) is 0 Å². The highest BCUT2D eigenvalue weighted by molar-refractivity contribution is 9.10. The molecule has 0 spiro atoms. The molecule has 0 fully saturated rings. The molecule has 0 atom stereocenters. The maximum Gasteiger partial charge on any atom is 0.224 e. The molecule has 0 bridgehead atoms. The number of carbonyl (C=O) groups is 1. The molecule has 3 aromatic rings. The molecule has 0 unspecified atom stereocenters. The van der Waals surface area contributed by atoms with Crippen molar-refractivity contribution in [2.45, 2.75) is 26.3 Å². The van der Waals surface area contributed by atoms with Gasteiger partial charge in [-0.1, -0.05) is 15.9 Å². The van der Waals surface area contributed by atoms with Crippen LogP contribution < -0.4 is 5.32 Å². The minimum absolute atomic E-state index is 0.0455. The van der Waals surface area contributed by atoms with Crippen LogP contribution in [0, 0.1) is 0 Å². The van der Waals surface area contributed by atoms with E-state index in [1.165, 1.54) is 0 Å². The van der Waals surface area contributed by atoms with Crippen molar-refractivity contribution in [3.63, 3.8) is 0 Å². The highest BCUT2D eigenvalue weighted by Crippen LogP contribution is 2.18. The molecule has 0 radical (unpaired) electrons. The van der Waals surface area contributed by atoms with Crippen LogP contribution in [-0.2, 0) is 17.8 Å². The Hall–Kier alpha value is -2.54. The monoisotopic (exact) mass is 399 g/mol. The Labute approximate surface area is 154 Å². The highest BCUT2D eigenvalue weighted by Gasteiger charge is 2.14. The molecule has 1 aromatic carbocycles. The van der Waals surface area contributed by atoms with Crippen LogP contribution in [0.25, 0.3) is 11.4 Å². The molecule has 1 amide bonds. The van der Waals surface area contributed by atoms with Gasteiger partial charge in [-0.15, -0.1) is 10.2 Å². The summed E-state index contributed by atoms with van der Waals surface area (Å²) in [6.07, 6.45) is 4.37. The first kappa shape index (κ1) is 17.3. The highest BCUT2D eigenvalue weighted by atomic mass is 79.9. The summed E-state index contributed by atoms with van der Waals surface area (Å²) in [6, 6.07) is 11.3. The molecule has 0 aliphatic rings. The zero-order valence-electron chi connectivity index (χ0n) is 13.8. The van der Waals surface area contributed by atoms with E-state index in [4.69, 9.17) is 0 Å². The summed E-state index contributed by atoms with van der Waals surface area (Å²) in [4.78, 5) is 16.3. The van der Waals surface area contributed by atoms with Crippen LogP contribution in [0.5, 0.6) is 0 Å². The number of anilines is 1. The van der Waals surface area contributed by atoms with E-state index in [9.17, 15) is 4.79 Å². The standard InChI is InChI=1S/C18H18BrN5O/c1-2-24-16(22-23-18(24)13-4-3-11-20-12-13)9-10-17(25)21-15-7-5-14(19)6-8-15/h3-8,11-12H,2,9-10H2,1H3,(H,21,25). The van der Waals surface area contributed by atoms with Crippen molar-refractivity contribution in [2.24, 2.45) is 0 Å². The minimum Gasteiger partial charge on any atom is -0.326 e. The van der Waals surface area contributed by atoms with Crippen LogP contribution in [0.15, 0.2) is 53.3 Å². The Kier molecular flexibility index (Phi) is 5.55.